The molecule has 0 fully saturated rings. The Balaban J connectivity index is 1.58. The molecule has 0 spiro atoms. The first kappa shape index (κ1) is 42.3. The first-order valence-corrected chi connectivity index (χ1v) is 19.9. The van der Waals surface area contributed by atoms with Crippen LogP contribution in [-0.2, 0) is 25.5 Å². The lowest BCUT2D eigenvalue weighted by Gasteiger charge is -2.11. The third-order valence-corrected chi connectivity index (χ3v) is 9.87. The average Bonchev–Trinajstić information content (AvgIpc) is 3.67. The van der Waals surface area contributed by atoms with Crippen LogP contribution in [0.2, 0.25) is 0 Å². The fourth-order valence-corrected chi connectivity index (χ4v) is 6.50. The van der Waals surface area contributed by atoms with Gasteiger partial charge in [-0.1, -0.05) is 128 Å². The van der Waals surface area contributed by atoms with Gasteiger partial charge in [0.1, 0.15) is 0 Å². The van der Waals surface area contributed by atoms with Crippen LogP contribution in [0.15, 0.2) is 69.5 Å². The van der Waals surface area contributed by atoms with Gasteiger partial charge in [0, 0.05) is 6.42 Å². The third-order valence-electron chi connectivity index (χ3n) is 9.87. The maximum Gasteiger partial charge on any atom is 0.343 e. The number of furan rings is 1. The lowest BCUT2D eigenvalue weighted by Crippen LogP contribution is -2.06. The van der Waals surface area contributed by atoms with E-state index in [1.54, 1.807) is 13.2 Å². The number of hydrogen-bond donors (Lipinski definition) is 0. The van der Waals surface area contributed by atoms with Gasteiger partial charge in [0.15, 0.2) is 11.5 Å². The molecule has 0 bridgehead atoms. The minimum atomic E-state index is -0.424. The Hall–Kier alpha value is -2.82. The minimum Gasteiger partial charge on any atom is -0.472 e. The predicted molar refractivity (Wildman–Crippen MR) is 204 cm³/mol. The monoisotopic (exact) mass is 679 g/mol. The van der Waals surface area contributed by atoms with Gasteiger partial charge < -0.3 is 13.9 Å². The van der Waals surface area contributed by atoms with E-state index in [0.29, 0.717) is 23.5 Å². The molecule has 5 nitrogen and oxygen atoms in total. The summed E-state index contributed by atoms with van der Waals surface area (Å²) < 4.78 is 16.3. The standard InChI is InChI=1S/C44H70O5/c1-7-8-9-13-16-22-35(2)23-17-14-11-10-12-15-18-30-42(45)49-43-39(6)44(46)48-41(43)33-38(5)28-20-26-36(3)24-19-25-37(4)27-21-29-40-31-32-47-34-40/h24,27,31-35,38H,7-23,25-26,28-30H2,1-6H3/b36-24+,37-27+,41-33-/t35?,38-/m1/s1. The third kappa shape index (κ3) is 19.8. The highest BCUT2D eigenvalue weighted by Gasteiger charge is 2.30. The molecule has 0 aliphatic carbocycles. The molecule has 0 saturated heterocycles. The van der Waals surface area contributed by atoms with Gasteiger partial charge in [-0.2, -0.15) is 0 Å². The van der Waals surface area contributed by atoms with Crippen LogP contribution in [-0.4, -0.2) is 11.9 Å². The number of carbonyl (C=O) groups excluding carboxylic acids is 2. The predicted octanol–water partition coefficient (Wildman–Crippen LogP) is 13.5. The number of hydrogen-bond acceptors (Lipinski definition) is 5. The summed E-state index contributed by atoms with van der Waals surface area (Å²) in [6.45, 7) is 12.9. The Morgan fingerprint density at radius 2 is 1.43 bits per heavy atom. The van der Waals surface area contributed by atoms with Gasteiger partial charge >= 0.3 is 11.9 Å². The molecule has 0 amide bonds. The van der Waals surface area contributed by atoms with E-state index in [1.165, 1.54) is 87.3 Å². The first-order valence-electron chi connectivity index (χ1n) is 19.9. The van der Waals surface area contributed by atoms with Crippen LogP contribution in [0, 0.1) is 11.8 Å². The lowest BCUT2D eigenvalue weighted by molar-refractivity contribution is -0.140. The van der Waals surface area contributed by atoms with Gasteiger partial charge in [-0.05, 0) is 102 Å². The fourth-order valence-electron chi connectivity index (χ4n) is 6.50. The molecule has 276 valence electrons. The normalized spacial score (nSPS) is 16.0. The van der Waals surface area contributed by atoms with Gasteiger partial charge in [0.25, 0.3) is 0 Å². The van der Waals surface area contributed by atoms with Crippen LogP contribution in [0.4, 0.5) is 0 Å². The summed E-state index contributed by atoms with van der Waals surface area (Å²) in [6, 6.07) is 2.03. The van der Waals surface area contributed by atoms with Crippen molar-refractivity contribution in [1.29, 1.82) is 0 Å². The van der Waals surface area contributed by atoms with Crippen LogP contribution in [0.1, 0.15) is 182 Å². The zero-order valence-electron chi connectivity index (χ0n) is 32.2. The molecule has 0 aromatic carbocycles. The number of rotatable bonds is 28. The van der Waals surface area contributed by atoms with Crippen molar-refractivity contribution in [2.24, 2.45) is 11.8 Å². The lowest BCUT2D eigenvalue weighted by atomic mass is 9.96. The Morgan fingerprint density at radius 3 is 2.10 bits per heavy atom. The van der Waals surface area contributed by atoms with Gasteiger partial charge in [0.2, 0.25) is 0 Å². The molecular weight excluding hydrogens is 608 g/mol. The van der Waals surface area contributed by atoms with Crippen molar-refractivity contribution in [3.63, 3.8) is 0 Å². The second kappa shape index (κ2) is 26.1. The summed E-state index contributed by atoms with van der Waals surface area (Å²) in [5.74, 6) is 1.07. The Bertz CT molecular complexity index is 1180. The summed E-state index contributed by atoms with van der Waals surface area (Å²) in [5.41, 5.74) is 4.47. The average molecular weight is 679 g/mol. The van der Waals surface area contributed by atoms with E-state index >= 15 is 0 Å². The molecule has 0 N–H and O–H groups in total. The van der Waals surface area contributed by atoms with Crippen LogP contribution in [0.3, 0.4) is 0 Å². The first-order chi connectivity index (χ1) is 23.7. The zero-order chi connectivity index (χ0) is 35.7. The van der Waals surface area contributed by atoms with E-state index in [0.717, 1.165) is 70.1 Å². The van der Waals surface area contributed by atoms with Crippen LogP contribution < -0.4 is 0 Å². The molecule has 1 aromatic heterocycles. The smallest absolute Gasteiger partial charge is 0.343 e. The van der Waals surface area contributed by atoms with E-state index in [4.69, 9.17) is 13.9 Å². The van der Waals surface area contributed by atoms with Gasteiger partial charge in [0.05, 0.1) is 18.1 Å². The molecule has 1 aliphatic heterocycles. The number of aryl methyl sites for hydroxylation is 1. The Morgan fingerprint density at radius 1 is 0.796 bits per heavy atom. The molecule has 1 unspecified atom stereocenters. The largest absolute Gasteiger partial charge is 0.472 e. The molecule has 2 heterocycles. The van der Waals surface area contributed by atoms with Crippen LogP contribution in [0.25, 0.3) is 0 Å². The molecule has 1 aromatic rings. The zero-order valence-corrected chi connectivity index (χ0v) is 32.2. The van der Waals surface area contributed by atoms with Crippen LogP contribution in [0.5, 0.6) is 0 Å². The highest BCUT2D eigenvalue weighted by molar-refractivity contribution is 5.94. The summed E-state index contributed by atoms with van der Waals surface area (Å²) in [6.07, 6.45) is 35.7. The highest BCUT2D eigenvalue weighted by atomic mass is 16.6. The molecule has 2 rings (SSSR count). The van der Waals surface area contributed by atoms with Crippen molar-refractivity contribution in [3.8, 4) is 0 Å². The van der Waals surface area contributed by atoms with Gasteiger partial charge in [-0.25, -0.2) is 4.79 Å². The van der Waals surface area contributed by atoms with E-state index in [1.807, 2.05) is 18.4 Å². The van der Waals surface area contributed by atoms with Crippen molar-refractivity contribution < 1.29 is 23.5 Å². The van der Waals surface area contributed by atoms with Gasteiger partial charge in [-0.15, -0.1) is 0 Å². The summed E-state index contributed by atoms with van der Waals surface area (Å²) in [4.78, 5) is 25.0. The molecule has 5 heteroatoms. The summed E-state index contributed by atoms with van der Waals surface area (Å²) in [5, 5.41) is 0. The SMILES string of the molecule is CCCCCCCC(C)CCCCCCCCCC(=O)OC1=C(C)C(=O)O/C1=C\[C@H](C)CCC/C(C)=C/CC/C(C)=C/CCc1ccoc1. The quantitative estimate of drug-likeness (QED) is 0.0501. The number of carbonyl (C=O) groups is 2. The van der Waals surface area contributed by atoms with E-state index in [-0.39, 0.29) is 11.9 Å². The van der Waals surface area contributed by atoms with Crippen molar-refractivity contribution in [3.05, 3.63) is 70.6 Å². The second-order valence-corrected chi connectivity index (χ2v) is 14.8. The topological polar surface area (TPSA) is 65.7 Å². The van der Waals surface area contributed by atoms with Crippen molar-refractivity contribution in [2.75, 3.05) is 0 Å². The molecule has 49 heavy (non-hydrogen) atoms. The molecular formula is C44H70O5. The van der Waals surface area contributed by atoms with E-state index in [9.17, 15) is 9.59 Å². The van der Waals surface area contributed by atoms with Crippen molar-refractivity contribution in [1.82, 2.24) is 0 Å². The maximum atomic E-state index is 12.7. The van der Waals surface area contributed by atoms with E-state index in [2.05, 4.69) is 46.8 Å². The second-order valence-electron chi connectivity index (χ2n) is 14.8. The number of esters is 2. The minimum absolute atomic E-state index is 0.203. The van der Waals surface area contributed by atoms with E-state index < -0.39 is 5.97 Å². The molecule has 1 aliphatic rings. The molecule has 2 atom stereocenters. The van der Waals surface area contributed by atoms with Crippen molar-refractivity contribution >= 4 is 11.9 Å². The number of unbranched alkanes of at least 4 members (excludes halogenated alkanes) is 10. The number of cyclic esters (lactones) is 1. The maximum absolute atomic E-state index is 12.7. The highest BCUT2D eigenvalue weighted by Crippen LogP contribution is 2.30. The number of ether oxygens (including phenoxy) is 2. The molecule has 0 saturated carbocycles. The summed E-state index contributed by atoms with van der Waals surface area (Å²) >= 11 is 0. The van der Waals surface area contributed by atoms with Gasteiger partial charge in [-0.3, -0.25) is 4.79 Å². The Kier molecular flexibility index (Phi) is 22.5. The summed E-state index contributed by atoms with van der Waals surface area (Å²) in [7, 11) is 0. The molecule has 0 radical (unpaired) electrons. The Labute approximate surface area is 300 Å². The number of allylic oxidation sites excluding steroid dienone is 5. The fraction of sp³-hybridized carbons (Fsp3) is 0.682. The van der Waals surface area contributed by atoms with Crippen LogP contribution >= 0.6 is 0 Å². The van der Waals surface area contributed by atoms with Crippen molar-refractivity contribution in [2.45, 2.75) is 183 Å².